The third-order valence-electron chi connectivity index (χ3n) is 5.03. The van der Waals surface area contributed by atoms with Crippen LogP contribution in [0.15, 0.2) is 54.4 Å². The second-order valence-corrected chi connectivity index (χ2v) is 7.41. The molecule has 1 atom stereocenters. The number of quaternary nitrogens is 1. The number of likely N-dealkylation sites (N-methyl/N-ethyl adjacent to an activating group) is 1. The highest BCUT2D eigenvalue weighted by atomic mass is 79.9. The molecule has 0 radical (unpaired) electrons. The minimum atomic E-state index is -1.57. The van der Waals surface area contributed by atoms with E-state index in [9.17, 15) is 9.90 Å². The lowest BCUT2D eigenvalue weighted by atomic mass is 9.80. The van der Waals surface area contributed by atoms with Gasteiger partial charge in [0.25, 0.3) is 0 Å². The first-order valence-corrected chi connectivity index (χ1v) is 8.63. The molecule has 2 aliphatic rings. The van der Waals surface area contributed by atoms with E-state index >= 15 is 0 Å². The van der Waals surface area contributed by atoms with Crippen molar-refractivity contribution in [3.05, 3.63) is 60.0 Å². The minimum Gasteiger partial charge on any atom is -1.00 e. The zero-order valence-electron chi connectivity index (χ0n) is 14.8. The van der Waals surface area contributed by atoms with Gasteiger partial charge in [-0.3, -0.25) is 4.48 Å². The molecule has 4 nitrogen and oxygen atoms in total. The van der Waals surface area contributed by atoms with Crippen LogP contribution in [0.5, 0.6) is 0 Å². The van der Waals surface area contributed by atoms with E-state index in [0.717, 1.165) is 25.7 Å². The van der Waals surface area contributed by atoms with Gasteiger partial charge in [-0.25, -0.2) is 4.79 Å². The maximum absolute atomic E-state index is 13.0. The quantitative estimate of drug-likeness (QED) is 0.568. The van der Waals surface area contributed by atoms with Crippen molar-refractivity contribution in [2.75, 3.05) is 20.6 Å². The first-order valence-electron chi connectivity index (χ1n) is 8.63. The number of esters is 1. The molecule has 0 bridgehead atoms. The van der Waals surface area contributed by atoms with E-state index < -0.39 is 11.6 Å². The van der Waals surface area contributed by atoms with Crippen molar-refractivity contribution in [3.8, 4) is 0 Å². The Balaban J connectivity index is 0.00000225. The Morgan fingerprint density at radius 3 is 2.44 bits per heavy atom. The van der Waals surface area contributed by atoms with E-state index in [4.69, 9.17) is 4.74 Å². The summed E-state index contributed by atoms with van der Waals surface area (Å²) in [6.45, 7) is 0.595. The van der Waals surface area contributed by atoms with E-state index in [1.54, 1.807) is 0 Å². The van der Waals surface area contributed by atoms with Gasteiger partial charge in [-0.15, -0.1) is 0 Å². The maximum atomic E-state index is 13.0. The van der Waals surface area contributed by atoms with Crippen LogP contribution in [0.25, 0.3) is 0 Å². The third-order valence-corrected chi connectivity index (χ3v) is 5.03. The van der Waals surface area contributed by atoms with Crippen LogP contribution in [0.2, 0.25) is 0 Å². The van der Waals surface area contributed by atoms with Crippen molar-refractivity contribution in [2.24, 2.45) is 5.92 Å². The highest BCUT2D eigenvalue weighted by Gasteiger charge is 2.48. The Labute approximate surface area is 160 Å². The van der Waals surface area contributed by atoms with Crippen molar-refractivity contribution in [1.82, 2.24) is 0 Å². The standard InChI is InChI=1S/C20H26NO3.BrH/c1-21(2)14-8-13-18(15-21)24-19(22)20(23,17-11-6-7-12-17)16-9-4-3-5-10-16;/h3-5,8-10,13-14,17,23H,6-7,11-12,15H2,1-2H3;1H/q+1;/p-1. The van der Waals surface area contributed by atoms with Gasteiger partial charge in [0.2, 0.25) is 0 Å². The average molecular weight is 408 g/mol. The zero-order chi connectivity index (χ0) is 17.2. The number of hydrogen-bond donors (Lipinski definition) is 1. The molecule has 1 fully saturated rings. The van der Waals surface area contributed by atoms with Crippen LogP contribution in [0.4, 0.5) is 0 Å². The van der Waals surface area contributed by atoms with Gasteiger partial charge in [-0.05, 0) is 30.6 Å². The molecule has 0 aromatic heterocycles. The summed E-state index contributed by atoms with van der Waals surface area (Å²) < 4.78 is 6.28. The Hall–Kier alpha value is -1.43. The van der Waals surface area contributed by atoms with Gasteiger partial charge in [0.15, 0.2) is 11.4 Å². The van der Waals surface area contributed by atoms with Crippen LogP contribution >= 0.6 is 0 Å². The summed E-state index contributed by atoms with van der Waals surface area (Å²) in [5.74, 6) is -0.0448. The lowest BCUT2D eigenvalue weighted by molar-refractivity contribution is -0.835. The van der Waals surface area contributed by atoms with Gasteiger partial charge < -0.3 is 26.8 Å². The predicted molar refractivity (Wildman–Crippen MR) is 92.6 cm³/mol. The number of halogens is 1. The van der Waals surface area contributed by atoms with Crippen LogP contribution < -0.4 is 17.0 Å². The molecule has 1 aromatic carbocycles. The summed E-state index contributed by atoms with van der Waals surface area (Å²) in [4.78, 5) is 13.0. The maximum Gasteiger partial charge on any atom is 0.348 e. The topological polar surface area (TPSA) is 46.5 Å². The summed E-state index contributed by atoms with van der Waals surface area (Å²) in [5.41, 5.74) is -0.945. The predicted octanol–water partition coefficient (Wildman–Crippen LogP) is 0.0992. The van der Waals surface area contributed by atoms with E-state index in [-0.39, 0.29) is 22.9 Å². The Bertz CT molecular complexity index is 663. The number of hydrogen-bond acceptors (Lipinski definition) is 3. The molecule has 5 heteroatoms. The first-order chi connectivity index (χ1) is 11.4. The summed E-state index contributed by atoms with van der Waals surface area (Å²) in [7, 11) is 4.08. The van der Waals surface area contributed by atoms with Gasteiger partial charge >= 0.3 is 5.97 Å². The molecule has 1 heterocycles. The molecule has 0 saturated heterocycles. The van der Waals surface area contributed by atoms with Crippen molar-refractivity contribution in [2.45, 2.75) is 31.3 Å². The van der Waals surface area contributed by atoms with Crippen LogP contribution in [0, 0.1) is 5.92 Å². The number of benzene rings is 1. The molecule has 0 amide bonds. The van der Waals surface area contributed by atoms with E-state index in [0.29, 0.717) is 22.4 Å². The average Bonchev–Trinajstić information content (AvgIpc) is 3.09. The smallest absolute Gasteiger partial charge is 0.348 e. The number of aliphatic hydroxyl groups is 1. The molecular formula is C20H26BrNO3. The number of allylic oxidation sites excluding steroid dienone is 2. The fraction of sp³-hybridized carbons (Fsp3) is 0.450. The number of carbonyl (C=O) groups is 1. The Morgan fingerprint density at radius 1 is 1.20 bits per heavy atom. The lowest BCUT2D eigenvalue weighted by Crippen LogP contribution is -3.00. The molecule has 1 aliphatic heterocycles. The molecule has 1 unspecified atom stereocenters. The summed E-state index contributed by atoms with van der Waals surface area (Å²) in [5, 5.41) is 11.4. The fourth-order valence-corrected chi connectivity index (χ4v) is 3.71. The van der Waals surface area contributed by atoms with Gasteiger partial charge in [-0.1, -0.05) is 43.2 Å². The summed E-state index contributed by atoms with van der Waals surface area (Å²) in [6, 6.07) is 9.22. The van der Waals surface area contributed by atoms with Gasteiger partial charge in [0.05, 0.1) is 20.3 Å². The monoisotopic (exact) mass is 407 g/mol. The molecular weight excluding hydrogens is 382 g/mol. The number of carbonyl (C=O) groups excluding carboxylic acids is 1. The fourth-order valence-electron chi connectivity index (χ4n) is 3.71. The number of ether oxygens (including phenoxy) is 1. The lowest BCUT2D eigenvalue weighted by Gasteiger charge is -2.34. The van der Waals surface area contributed by atoms with Crippen molar-refractivity contribution in [1.29, 1.82) is 0 Å². The molecule has 3 rings (SSSR count). The molecule has 1 aliphatic carbocycles. The Kier molecular flexibility index (Phi) is 6.25. The van der Waals surface area contributed by atoms with Crippen LogP contribution in [-0.2, 0) is 15.1 Å². The SMILES string of the molecule is C[N+]1(C)C=CC=C(OC(=O)C(O)(c2ccccc2)C2CCCC2)C1.[Br-]. The van der Waals surface area contributed by atoms with Crippen LogP contribution in [0.3, 0.4) is 0 Å². The molecule has 0 spiro atoms. The largest absolute Gasteiger partial charge is 1.00 e. The minimum absolute atomic E-state index is 0. The van der Waals surface area contributed by atoms with E-state index in [2.05, 4.69) is 0 Å². The van der Waals surface area contributed by atoms with Gasteiger partial charge in [0.1, 0.15) is 6.54 Å². The van der Waals surface area contributed by atoms with E-state index in [1.165, 1.54) is 0 Å². The molecule has 136 valence electrons. The second-order valence-electron chi connectivity index (χ2n) is 7.41. The Morgan fingerprint density at radius 2 is 1.84 bits per heavy atom. The molecule has 25 heavy (non-hydrogen) atoms. The molecule has 1 saturated carbocycles. The zero-order valence-corrected chi connectivity index (χ0v) is 16.4. The third kappa shape index (κ3) is 4.22. The van der Waals surface area contributed by atoms with Crippen molar-refractivity contribution in [3.63, 3.8) is 0 Å². The second kappa shape index (κ2) is 7.85. The first kappa shape index (κ1) is 19.9. The molecule has 1 N–H and O–H groups in total. The van der Waals surface area contributed by atoms with Crippen LogP contribution in [-0.4, -0.2) is 36.2 Å². The number of nitrogens with zero attached hydrogens (tertiary/aromatic N) is 1. The normalized spacial score (nSPS) is 21.8. The van der Waals surface area contributed by atoms with Crippen LogP contribution in [0.1, 0.15) is 31.2 Å². The van der Waals surface area contributed by atoms with Gasteiger partial charge in [-0.2, -0.15) is 0 Å². The summed E-state index contributed by atoms with van der Waals surface area (Å²) in [6.07, 6.45) is 9.52. The highest BCUT2D eigenvalue weighted by molar-refractivity contribution is 5.82. The van der Waals surface area contributed by atoms with Crippen molar-refractivity contribution >= 4 is 5.97 Å². The highest BCUT2D eigenvalue weighted by Crippen LogP contribution is 2.41. The van der Waals surface area contributed by atoms with E-state index in [1.807, 2.05) is 62.8 Å². The van der Waals surface area contributed by atoms with Crippen molar-refractivity contribution < 1.29 is 36.1 Å². The summed E-state index contributed by atoms with van der Waals surface area (Å²) >= 11 is 0. The van der Waals surface area contributed by atoms with Gasteiger partial charge in [0, 0.05) is 5.92 Å². The molecule has 1 aromatic rings. The number of rotatable bonds is 4.